The Labute approximate surface area is 171 Å². The van der Waals surface area contributed by atoms with Gasteiger partial charge in [-0.15, -0.1) is 0 Å². The molecule has 1 aromatic heterocycles. The van der Waals surface area contributed by atoms with Crippen LogP contribution in [0.25, 0.3) is 11.5 Å². The molecule has 0 radical (unpaired) electrons. The minimum absolute atomic E-state index is 0.327. The van der Waals surface area contributed by atoms with E-state index in [2.05, 4.69) is 9.72 Å². The van der Waals surface area contributed by atoms with E-state index in [0.717, 1.165) is 35.6 Å². The smallest absolute Gasteiger partial charge is 0.330 e. The number of nitrogens with zero attached hydrogens (tertiary/aromatic N) is 1. The van der Waals surface area contributed by atoms with Gasteiger partial charge in [0.15, 0.2) is 0 Å². The van der Waals surface area contributed by atoms with Gasteiger partial charge in [-0.25, -0.2) is 9.78 Å². The number of hydrogen-bond donors (Lipinski definition) is 0. The Morgan fingerprint density at radius 1 is 1.07 bits per heavy atom. The Bertz CT molecular complexity index is 943. The molecule has 5 heteroatoms. The van der Waals surface area contributed by atoms with Crippen LogP contribution in [0.1, 0.15) is 23.4 Å². The van der Waals surface area contributed by atoms with Crippen LogP contribution in [-0.2, 0) is 22.4 Å². The minimum Gasteiger partial charge on any atom is -0.493 e. The van der Waals surface area contributed by atoms with Gasteiger partial charge in [0.2, 0.25) is 5.89 Å². The summed E-state index contributed by atoms with van der Waals surface area (Å²) in [6.07, 6.45) is 5.59. The van der Waals surface area contributed by atoms with Crippen molar-refractivity contribution in [3.05, 3.63) is 83.8 Å². The predicted octanol–water partition coefficient (Wildman–Crippen LogP) is 4.93. The average Bonchev–Trinajstić information content (AvgIpc) is 3.13. The number of hydrogen-bond acceptors (Lipinski definition) is 5. The lowest BCUT2D eigenvalue weighted by molar-refractivity contribution is -0.134. The topological polar surface area (TPSA) is 61.6 Å². The molecule has 2 aromatic carbocycles. The van der Waals surface area contributed by atoms with Gasteiger partial charge in [-0.1, -0.05) is 36.4 Å². The van der Waals surface area contributed by atoms with Crippen LogP contribution in [-0.4, -0.2) is 24.7 Å². The molecule has 0 spiro atoms. The first kappa shape index (κ1) is 20.4. The van der Waals surface area contributed by atoms with Crippen molar-refractivity contribution < 1.29 is 18.7 Å². The normalized spacial score (nSPS) is 11.0. The fourth-order valence-electron chi connectivity index (χ4n) is 2.88. The molecule has 0 aliphatic heterocycles. The summed E-state index contributed by atoms with van der Waals surface area (Å²) in [5.41, 5.74) is 3.07. The molecular formula is C24H25NO4. The highest BCUT2D eigenvalue weighted by Gasteiger charge is 2.11. The number of aromatic nitrogens is 1. The lowest BCUT2D eigenvalue weighted by atomic mass is 10.1. The summed E-state index contributed by atoms with van der Waals surface area (Å²) < 4.78 is 16.2. The van der Waals surface area contributed by atoms with E-state index in [1.165, 1.54) is 18.7 Å². The first-order valence-electron chi connectivity index (χ1n) is 9.63. The molecule has 0 unspecified atom stereocenters. The fourth-order valence-corrected chi connectivity index (χ4v) is 2.88. The molecule has 5 nitrogen and oxygen atoms in total. The highest BCUT2D eigenvalue weighted by Crippen LogP contribution is 2.22. The van der Waals surface area contributed by atoms with Crippen molar-refractivity contribution in [2.24, 2.45) is 0 Å². The number of methoxy groups -OCH3 is 1. The van der Waals surface area contributed by atoms with E-state index >= 15 is 0 Å². The molecule has 3 aromatic rings. The largest absolute Gasteiger partial charge is 0.493 e. The third kappa shape index (κ3) is 6.07. The number of allylic oxidation sites excluding steroid dienone is 1. The van der Waals surface area contributed by atoms with Crippen LogP contribution in [0.4, 0.5) is 0 Å². The number of benzene rings is 2. The van der Waals surface area contributed by atoms with E-state index in [1.54, 1.807) is 0 Å². The molecule has 0 atom stereocenters. The zero-order chi connectivity index (χ0) is 20.5. The summed E-state index contributed by atoms with van der Waals surface area (Å²) >= 11 is 0. The monoisotopic (exact) mass is 391 g/mol. The Morgan fingerprint density at radius 3 is 2.55 bits per heavy atom. The standard InChI is InChI=1S/C24H25NO4/c1-18-22(25-24(29-18)20-9-4-3-5-10-20)16-17-28-21-14-12-19(13-15-21)8-6-7-11-23(26)27-2/h3-5,7,9-15H,6,8,16-17H2,1-2H3. The molecule has 150 valence electrons. The Kier molecular flexibility index (Phi) is 7.22. The van der Waals surface area contributed by atoms with E-state index < -0.39 is 0 Å². The molecule has 29 heavy (non-hydrogen) atoms. The van der Waals surface area contributed by atoms with Crippen molar-refractivity contribution in [2.75, 3.05) is 13.7 Å². The van der Waals surface area contributed by atoms with Gasteiger partial charge in [-0.3, -0.25) is 0 Å². The highest BCUT2D eigenvalue weighted by atomic mass is 16.5. The van der Waals surface area contributed by atoms with E-state index in [0.29, 0.717) is 18.9 Å². The number of aryl methyl sites for hydroxylation is 2. The number of carbonyl (C=O) groups excluding carboxylic acids is 1. The van der Waals surface area contributed by atoms with Crippen LogP contribution >= 0.6 is 0 Å². The van der Waals surface area contributed by atoms with Crippen LogP contribution < -0.4 is 4.74 Å². The Morgan fingerprint density at radius 2 is 1.83 bits per heavy atom. The zero-order valence-electron chi connectivity index (χ0n) is 16.8. The zero-order valence-corrected chi connectivity index (χ0v) is 16.8. The van der Waals surface area contributed by atoms with E-state index in [-0.39, 0.29) is 5.97 Å². The third-order valence-electron chi connectivity index (χ3n) is 4.50. The molecule has 0 amide bonds. The number of carbonyl (C=O) groups is 1. The average molecular weight is 391 g/mol. The maximum Gasteiger partial charge on any atom is 0.330 e. The second-order valence-electron chi connectivity index (χ2n) is 6.59. The summed E-state index contributed by atoms with van der Waals surface area (Å²) in [5, 5.41) is 0. The first-order valence-corrected chi connectivity index (χ1v) is 9.63. The second-order valence-corrected chi connectivity index (χ2v) is 6.59. The van der Waals surface area contributed by atoms with Crippen LogP contribution in [0.2, 0.25) is 0 Å². The van der Waals surface area contributed by atoms with Crippen LogP contribution in [0.15, 0.2) is 71.2 Å². The maximum absolute atomic E-state index is 11.0. The van der Waals surface area contributed by atoms with E-state index in [9.17, 15) is 4.79 Å². The molecule has 0 fully saturated rings. The van der Waals surface area contributed by atoms with Gasteiger partial charge >= 0.3 is 5.97 Å². The minimum atomic E-state index is -0.327. The number of rotatable bonds is 9. The lowest BCUT2D eigenvalue weighted by Gasteiger charge is -2.06. The second kappa shape index (κ2) is 10.3. The quantitative estimate of drug-likeness (QED) is 0.382. The van der Waals surface area contributed by atoms with Crippen molar-refractivity contribution in [1.29, 1.82) is 0 Å². The molecule has 0 saturated carbocycles. The maximum atomic E-state index is 11.0. The van der Waals surface area contributed by atoms with Crippen molar-refractivity contribution in [2.45, 2.75) is 26.2 Å². The van der Waals surface area contributed by atoms with Gasteiger partial charge in [0.1, 0.15) is 11.5 Å². The molecular weight excluding hydrogens is 366 g/mol. The van der Waals surface area contributed by atoms with Gasteiger partial charge in [0.25, 0.3) is 0 Å². The summed E-state index contributed by atoms with van der Waals surface area (Å²) in [6, 6.07) is 17.9. The summed E-state index contributed by atoms with van der Waals surface area (Å²) in [5.74, 6) is 1.96. The van der Waals surface area contributed by atoms with Crippen LogP contribution in [0, 0.1) is 6.92 Å². The van der Waals surface area contributed by atoms with Gasteiger partial charge < -0.3 is 13.9 Å². The highest BCUT2D eigenvalue weighted by molar-refractivity contribution is 5.81. The molecule has 0 bridgehead atoms. The number of esters is 1. The first-order chi connectivity index (χ1) is 14.2. The number of oxazole rings is 1. The Balaban J connectivity index is 1.47. The van der Waals surface area contributed by atoms with Crippen molar-refractivity contribution in [3.8, 4) is 17.2 Å². The molecule has 0 aliphatic carbocycles. The van der Waals surface area contributed by atoms with Crippen molar-refractivity contribution >= 4 is 5.97 Å². The molecule has 0 N–H and O–H groups in total. The summed E-state index contributed by atoms with van der Waals surface area (Å²) in [6.45, 7) is 2.46. The molecule has 0 aliphatic rings. The Hall–Kier alpha value is -3.34. The van der Waals surface area contributed by atoms with Crippen molar-refractivity contribution in [1.82, 2.24) is 4.98 Å². The fraction of sp³-hybridized carbons (Fsp3) is 0.250. The molecule has 0 saturated heterocycles. The summed E-state index contributed by atoms with van der Waals surface area (Å²) in [4.78, 5) is 15.6. The van der Waals surface area contributed by atoms with Gasteiger partial charge in [0.05, 0.1) is 19.4 Å². The van der Waals surface area contributed by atoms with Gasteiger partial charge in [-0.2, -0.15) is 0 Å². The third-order valence-corrected chi connectivity index (χ3v) is 4.50. The predicted molar refractivity (Wildman–Crippen MR) is 112 cm³/mol. The molecule has 3 rings (SSSR count). The van der Waals surface area contributed by atoms with Crippen molar-refractivity contribution in [3.63, 3.8) is 0 Å². The van der Waals surface area contributed by atoms with E-state index in [4.69, 9.17) is 9.15 Å². The molecule has 1 heterocycles. The van der Waals surface area contributed by atoms with Gasteiger partial charge in [-0.05, 0) is 49.6 Å². The van der Waals surface area contributed by atoms with Crippen LogP contribution in [0.3, 0.4) is 0 Å². The van der Waals surface area contributed by atoms with E-state index in [1.807, 2.05) is 67.6 Å². The lowest BCUT2D eigenvalue weighted by Crippen LogP contribution is -2.02. The number of ether oxygens (including phenoxy) is 2. The SMILES string of the molecule is COC(=O)C=CCCc1ccc(OCCc2nc(-c3ccccc3)oc2C)cc1. The van der Waals surface area contributed by atoms with Gasteiger partial charge in [0, 0.05) is 18.1 Å². The van der Waals surface area contributed by atoms with Crippen LogP contribution in [0.5, 0.6) is 5.75 Å². The summed E-state index contributed by atoms with van der Waals surface area (Å²) in [7, 11) is 1.37.